The lowest BCUT2D eigenvalue weighted by Gasteiger charge is -2.22. The molecule has 0 saturated carbocycles. The van der Waals surface area contributed by atoms with E-state index in [2.05, 4.69) is 39.4 Å². The predicted octanol–water partition coefficient (Wildman–Crippen LogP) is 5.47. The number of aliphatic hydroxyl groups is 1. The average Bonchev–Trinajstić information content (AvgIpc) is 3.46. The van der Waals surface area contributed by atoms with Gasteiger partial charge in [-0.15, -0.1) is 10.2 Å². The van der Waals surface area contributed by atoms with Gasteiger partial charge in [-0.05, 0) is 31.0 Å². The number of hydrogen-bond acceptors (Lipinski definition) is 8. The summed E-state index contributed by atoms with van der Waals surface area (Å²) in [7, 11) is 0. The predicted molar refractivity (Wildman–Crippen MR) is 141 cm³/mol. The van der Waals surface area contributed by atoms with Gasteiger partial charge in [-0.3, -0.25) is 19.5 Å². The van der Waals surface area contributed by atoms with Crippen molar-refractivity contribution in [3.63, 3.8) is 0 Å². The number of carbonyl (C=O) groups is 2. The number of ketones is 1. The normalized spacial score (nSPS) is 17.1. The van der Waals surface area contributed by atoms with Crippen LogP contribution in [0.5, 0.6) is 0 Å². The van der Waals surface area contributed by atoms with Gasteiger partial charge in [0.25, 0.3) is 5.78 Å². The molecule has 1 aliphatic heterocycles. The van der Waals surface area contributed by atoms with Gasteiger partial charge in [0.1, 0.15) is 5.76 Å². The van der Waals surface area contributed by atoms with Crippen molar-refractivity contribution in [3.8, 4) is 0 Å². The molecule has 0 unspecified atom stereocenters. The molecular formula is C27H22N4O3S2. The number of pyridine rings is 1. The highest BCUT2D eigenvalue weighted by molar-refractivity contribution is 8.00. The third-order valence-electron chi connectivity index (χ3n) is 5.85. The first kappa shape index (κ1) is 23.9. The summed E-state index contributed by atoms with van der Waals surface area (Å²) in [5.74, 6) is -1.06. The Morgan fingerprint density at radius 1 is 1.00 bits per heavy atom. The molecule has 1 aliphatic rings. The first-order valence-electron chi connectivity index (χ1n) is 11.2. The quantitative estimate of drug-likeness (QED) is 0.120. The minimum atomic E-state index is -0.872. The summed E-state index contributed by atoms with van der Waals surface area (Å²) in [6, 6.07) is 18.0. The molecular weight excluding hydrogens is 492 g/mol. The van der Waals surface area contributed by atoms with Crippen LogP contribution in [0.15, 0.2) is 83.0 Å². The molecule has 0 spiro atoms. The molecule has 5 rings (SSSR count). The van der Waals surface area contributed by atoms with Gasteiger partial charge < -0.3 is 5.11 Å². The second-order valence-electron chi connectivity index (χ2n) is 8.45. The second kappa shape index (κ2) is 10.0. The van der Waals surface area contributed by atoms with E-state index in [1.807, 2.05) is 26.0 Å². The third-order valence-corrected chi connectivity index (χ3v) is 7.98. The number of carbonyl (C=O) groups excluding carboxylic acids is 2. The third kappa shape index (κ3) is 4.67. The molecule has 0 radical (unpaired) electrons. The van der Waals surface area contributed by atoms with Gasteiger partial charge in [0.15, 0.2) is 4.34 Å². The van der Waals surface area contributed by atoms with E-state index in [4.69, 9.17) is 0 Å². The Hall–Kier alpha value is -3.82. The number of rotatable bonds is 6. The monoisotopic (exact) mass is 514 g/mol. The van der Waals surface area contributed by atoms with Gasteiger partial charge in [-0.25, -0.2) is 0 Å². The molecule has 0 bridgehead atoms. The SMILES string of the molecule is Cc1ccc(CSc2nnc(N3C(=O)C(=O)C(=C(O)c4ccc(C)cc4)[C@H]3c3cccnc3)s2)cc1. The summed E-state index contributed by atoms with van der Waals surface area (Å²) in [6.45, 7) is 3.97. The zero-order chi connectivity index (χ0) is 25.2. The van der Waals surface area contributed by atoms with Crippen molar-refractivity contribution in [2.24, 2.45) is 0 Å². The van der Waals surface area contributed by atoms with E-state index < -0.39 is 17.7 Å². The minimum absolute atomic E-state index is 0.000844. The highest BCUT2D eigenvalue weighted by Crippen LogP contribution is 2.43. The molecule has 36 heavy (non-hydrogen) atoms. The smallest absolute Gasteiger partial charge is 0.301 e. The molecule has 1 atom stereocenters. The number of thioether (sulfide) groups is 1. The summed E-state index contributed by atoms with van der Waals surface area (Å²) in [5, 5.41) is 19.9. The van der Waals surface area contributed by atoms with Crippen LogP contribution >= 0.6 is 23.1 Å². The number of aromatic nitrogens is 3. The molecule has 1 saturated heterocycles. The highest BCUT2D eigenvalue weighted by Gasteiger charge is 2.48. The van der Waals surface area contributed by atoms with Crippen molar-refractivity contribution >= 4 is 45.7 Å². The van der Waals surface area contributed by atoms with Crippen molar-refractivity contribution in [3.05, 3.63) is 106 Å². The Morgan fingerprint density at radius 3 is 2.36 bits per heavy atom. The Labute approximate surface area is 216 Å². The molecule has 1 amide bonds. The van der Waals surface area contributed by atoms with Crippen molar-refractivity contribution in [2.75, 3.05) is 4.90 Å². The van der Waals surface area contributed by atoms with Gasteiger partial charge in [0.05, 0.1) is 11.6 Å². The number of benzene rings is 2. The summed E-state index contributed by atoms with van der Waals surface area (Å²) in [6.07, 6.45) is 3.19. The summed E-state index contributed by atoms with van der Waals surface area (Å²) in [5.41, 5.74) is 4.41. The van der Waals surface area contributed by atoms with E-state index in [1.54, 1.807) is 36.7 Å². The highest BCUT2D eigenvalue weighted by atomic mass is 32.2. The number of amides is 1. The largest absolute Gasteiger partial charge is 0.507 e. The van der Waals surface area contributed by atoms with Crippen LogP contribution in [0, 0.1) is 13.8 Å². The van der Waals surface area contributed by atoms with Crippen LogP contribution in [0.3, 0.4) is 0 Å². The number of aryl methyl sites for hydroxylation is 2. The van der Waals surface area contributed by atoms with Gasteiger partial charge in [-0.2, -0.15) is 0 Å². The molecule has 9 heteroatoms. The Bertz CT molecular complexity index is 1450. The van der Waals surface area contributed by atoms with Crippen LogP contribution in [0.25, 0.3) is 5.76 Å². The van der Waals surface area contributed by atoms with E-state index in [9.17, 15) is 14.7 Å². The van der Waals surface area contributed by atoms with E-state index >= 15 is 0 Å². The molecule has 2 aromatic carbocycles. The van der Waals surface area contributed by atoms with Crippen molar-refractivity contribution < 1.29 is 14.7 Å². The van der Waals surface area contributed by atoms with Crippen LogP contribution in [0.2, 0.25) is 0 Å². The van der Waals surface area contributed by atoms with Gasteiger partial charge >= 0.3 is 5.91 Å². The topological polar surface area (TPSA) is 96.3 Å². The number of anilines is 1. The van der Waals surface area contributed by atoms with E-state index in [0.717, 1.165) is 11.1 Å². The fraction of sp³-hybridized carbons (Fsp3) is 0.148. The maximum Gasteiger partial charge on any atom is 0.301 e. The van der Waals surface area contributed by atoms with Crippen LogP contribution in [-0.2, 0) is 15.3 Å². The van der Waals surface area contributed by atoms with Crippen LogP contribution in [0.4, 0.5) is 5.13 Å². The van der Waals surface area contributed by atoms with Crippen LogP contribution < -0.4 is 4.90 Å². The average molecular weight is 515 g/mol. The number of aliphatic hydroxyl groups excluding tert-OH is 1. The summed E-state index contributed by atoms with van der Waals surface area (Å²) >= 11 is 2.75. The maximum absolute atomic E-state index is 13.3. The number of Topliss-reactive ketones (excluding diaryl/α,β-unsaturated/α-hetero) is 1. The van der Waals surface area contributed by atoms with Crippen molar-refractivity contribution in [1.29, 1.82) is 0 Å². The molecule has 2 aromatic heterocycles. The first-order chi connectivity index (χ1) is 17.4. The fourth-order valence-electron chi connectivity index (χ4n) is 3.94. The molecule has 1 fully saturated rings. The lowest BCUT2D eigenvalue weighted by Crippen LogP contribution is -2.29. The van der Waals surface area contributed by atoms with Gasteiger partial charge in [-0.1, -0.05) is 88.8 Å². The molecule has 0 aliphatic carbocycles. The Kier molecular flexibility index (Phi) is 6.67. The van der Waals surface area contributed by atoms with E-state index in [-0.39, 0.29) is 11.3 Å². The van der Waals surface area contributed by atoms with E-state index in [0.29, 0.717) is 26.4 Å². The molecule has 3 heterocycles. The van der Waals surface area contributed by atoms with Gasteiger partial charge in [0, 0.05) is 23.7 Å². The first-order valence-corrected chi connectivity index (χ1v) is 13.0. The lowest BCUT2D eigenvalue weighted by atomic mass is 9.96. The summed E-state index contributed by atoms with van der Waals surface area (Å²) in [4.78, 5) is 32.0. The zero-order valence-corrected chi connectivity index (χ0v) is 21.2. The lowest BCUT2D eigenvalue weighted by molar-refractivity contribution is -0.132. The Morgan fingerprint density at radius 2 is 1.69 bits per heavy atom. The number of nitrogens with zero attached hydrogens (tertiary/aromatic N) is 4. The minimum Gasteiger partial charge on any atom is -0.507 e. The second-order valence-corrected chi connectivity index (χ2v) is 10.6. The van der Waals surface area contributed by atoms with Gasteiger partial charge in [0.2, 0.25) is 5.13 Å². The van der Waals surface area contributed by atoms with Crippen LogP contribution in [-0.4, -0.2) is 32.0 Å². The molecule has 180 valence electrons. The molecule has 1 N–H and O–H groups in total. The molecule has 7 nitrogen and oxygen atoms in total. The van der Waals surface area contributed by atoms with E-state index in [1.165, 1.54) is 33.6 Å². The standard InChI is InChI=1S/C27H22N4O3S2/c1-16-5-9-18(10-6-16)15-35-27-30-29-26(36-27)31-22(20-4-3-13-28-14-20)21(24(33)25(31)34)23(32)19-11-7-17(2)8-12-19/h3-14,22,32H,15H2,1-2H3/t22-/m1/s1. The van der Waals surface area contributed by atoms with Crippen molar-refractivity contribution in [1.82, 2.24) is 15.2 Å². The summed E-state index contributed by atoms with van der Waals surface area (Å²) < 4.78 is 0.677. The zero-order valence-electron chi connectivity index (χ0n) is 19.6. The van der Waals surface area contributed by atoms with Crippen molar-refractivity contribution in [2.45, 2.75) is 30.0 Å². The molecule has 4 aromatic rings. The Balaban J connectivity index is 1.51. The fourth-order valence-corrected chi connectivity index (χ4v) is 5.76. The van der Waals surface area contributed by atoms with Crippen LogP contribution in [0.1, 0.15) is 33.9 Å². The number of hydrogen-bond donors (Lipinski definition) is 1. The maximum atomic E-state index is 13.3.